The Morgan fingerprint density at radius 1 is 1.33 bits per heavy atom. The zero-order valence-corrected chi connectivity index (χ0v) is 8.88. The summed E-state index contributed by atoms with van der Waals surface area (Å²) in [6.45, 7) is 0. The topological polar surface area (TPSA) is 92.4 Å². The summed E-state index contributed by atoms with van der Waals surface area (Å²) in [6.07, 6.45) is 1.26. The lowest BCUT2D eigenvalue weighted by Crippen LogP contribution is -2.13. The molecule has 0 spiro atoms. The summed E-state index contributed by atoms with van der Waals surface area (Å²) in [6, 6.07) is 4.38. The Morgan fingerprint density at radius 3 is 2.72 bits per heavy atom. The van der Waals surface area contributed by atoms with Gasteiger partial charge in [0.15, 0.2) is 0 Å². The Hall–Kier alpha value is -2.70. The van der Waals surface area contributed by atoms with E-state index in [0.29, 0.717) is 0 Å². The molecule has 1 aromatic carbocycles. The lowest BCUT2D eigenvalue weighted by molar-refractivity contribution is 0.0696. The summed E-state index contributed by atoms with van der Waals surface area (Å²) in [5.41, 5.74) is -0.374. The van der Waals surface area contributed by atoms with E-state index in [4.69, 9.17) is 5.11 Å². The molecule has 0 bridgehead atoms. The summed E-state index contributed by atoms with van der Waals surface area (Å²) < 4.78 is 18.0. The van der Waals surface area contributed by atoms with Crippen molar-refractivity contribution in [3.8, 4) is 0 Å². The van der Waals surface area contributed by atoms with Crippen molar-refractivity contribution in [2.75, 3.05) is 5.32 Å². The van der Waals surface area contributed by atoms with Crippen molar-refractivity contribution in [1.29, 1.82) is 0 Å². The molecule has 7 heteroatoms. The first-order valence-electron chi connectivity index (χ1n) is 4.83. The van der Waals surface area contributed by atoms with Crippen molar-refractivity contribution in [1.82, 2.24) is 5.16 Å². The SMILES string of the molecule is O=C(O)c1ccc(F)c(NC(=O)c2ccno2)c1. The molecule has 1 aromatic heterocycles. The van der Waals surface area contributed by atoms with Gasteiger partial charge in [0, 0.05) is 6.07 Å². The average molecular weight is 250 g/mol. The highest BCUT2D eigenvalue weighted by Crippen LogP contribution is 2.17. The van der Waals surface area contributed by atoms with E-state index in [9.17, 15) is 14.0 Å². The van der Waals surface area contributed by atoms with Crippen LogP contribution in [0.2, 0.25) is 0 Å². The van der Waals surface area contributed by atoms with Gasteiger partial charge in [0.25, 0.3) is 5.91 Å². The van der Waals surface area contributed by atoms with E-state index in [1.807, 2.05) is 0 Å². The van der Waals surface area contributed by atoms with Crippen LogP contribution in [0.3, 0.4) is 0 Å². The van der Waals surface area contributed by atoms with Gasteiger partial charge in [0.1, 0.15) is 5.82 Å². The zero-order chi connectivity index (χ0) is 13.1. The number of nitrogens with one attached hydrogen (secondary N) is 1. The quantitative estimate of drug-likeness (QED) is 0.865. The van der Waals surface area contributed by atoms with E-state index < -0.39 is 17.7 Å². The van der Waals surface area contributed by atoms with Crippen LogP contribution in [-0.4, -0.2) is 22.1 Å². The zero-order valence-electron chi connectivity index (χ0n) is 8.88. The molecule has 92 valence electrons. The fourth-order valence-electron chi connectivity index (χ4n) is 1.27. The number of halogens is 1. The fraction of sp³-hybridized carbons (Fsp3) is 0. The van der Waals surface area contributed by atoms with Crippen molar-refractivity contribution in [3.63, 3.8) is 0 Å². The lowest BCUT2D eigenvalue weighted by atomic mass is 10.2. The molecule has 1 amide bonds. The van der Waals surface area contributed by atoms with Crippen molar-refractivity contribution in [2.24, 2.45) is 0 Å². The molecule has 0 radical (unpaired) electrons. The number of rotatable bonds is 3. The largest absolute Gasteiger partial charge is 0.478 e. The van der Waals surface area contributed by atoms with Crippen LogP contribution in [0, 0.1) is 5.82 Å². The molecule has 0 aliphatic heterocycles. The lowest BCUT2D eigenvalue weighted by Gasteiger charge is -2.05. The van der Waals surface area contributed by atoms with E-state index in [-0.39, 0.29) is 17.0 Å². The molecule has 1 heterocycles. The number of hydrogen-bond donors (Lipinski definition) is 2. The third-order valence-electron chi connectivity index (χ3n) is 2.12. The number of aromatic carboxylic acids is 1. The molecule has 2 aromatic rings. The monoisotopic (exact) mass is 250 g/mol. The molecule has 6 nitrogen and oxygen atoms in total. The van der Waals surface area contributed by atoms with Crippen molar-refractivity contribution in [2.45, 2.75) is 0 Å². The third kappa shape index (κ3) is 2.34. The summed E-state index contributed by atoms with van der Waals surface area (Å²) in [5.74, 6) is -2.78. The minimum absolute atomic E-state index is 0.102. The number of carbonyl (C=O) groups is 2. The number of aromatic nitrogens is 1. The van der Waals surface area contributed by atoms with Crippen LogP contribution in [0.1, 0.15) is 20.9 Å². The Balaban J connectivity index is 2.26. The number of carboxylic acid groups (broad SMARTS) is 1. The van der Waals surface area contributed by atoms with Crippen molar-refractivity contribution < 1.29 is 23.6 Å². The molecule has 18 heavy (non-hydrogen) atoms. The van der Waals surface area contributed by atoms with Crippen molar-refractivity contribution >= 4 is 17.6 Å². The highest BCUT2D eigenvalue weighted by atomic mass is 19.1. The number of carboxylic acids is 1. The summed E-state index contributed by atoms with van der Waals surface area (Å²) in [7, 11) is 0. The number of carbonyl (C=O) groups excluding carboxylic acids is 1. The maximum atomic E-state index is 13.4. The first kappa shape index (κ1) is 11.8. The Kier molecular flexibility index (Phi) is 3.05. The van der Waals surface area contributed by atoms with Crippen LogP contribution in [-0.2, 0) is 0 Å². The number of nitrogens with zero attached hydrogens (tertiary/aromatic N) is 1. The number of anilines is 1. The maximum absolute atomic E-state index is 13.4. The fourth-order valence-corrected chi connectivity index (χ4v) is 1.27. The Bertz CT molecular complexity index is 595. The first-order valence-corrected chi connectivity index (χ1v) is 4.83. The normalized spacial score (nSPS) is 10.1. The summed E-state index contributed by atoms with van der Waals surface area (Å²) >= 11 is 0. The van der Waals surface area contributed by atoms with Crippen LogP contribution in [0.5, 0.6) is 0 Å². The molecule has 0 saturated carbocycles. The molecule has 0 saturated heterocycles. The predicted molar refractivity (Wildman–Crippen MR) is 57.8 cm³/mol. The predicted octanol–water partition coefficient (Wildman–Crippen LogP) is 1.76. The molecule has 0 aliphatic rings. The Labute approximate surface area is 100 Å². The van der Waals surface area contributed by atoms with Gasteiger partial charge in [-0.2, -0.15) is 0 Å². The molecule has 0 atom stereocenters. The molecule has 0 unspecified atom stereocenters. The van der Waals surface area contributed by atoms with E-state index in [2.05, 4.69) is 15.0 Å². The van der Waals surface area contributed by atoms with E-state index in [1.54, 1.807) is 0 Å². The summed E-state index contributed by atoms with van der Waals surface area (Å²) in [4.78, 5) is 22.3. The van der Waals surface area contributed by atoms with Crippen LogP contribution in [0.25, 0.3) is 0 Å². The molecule has 2 rings (SSSR count). The van der Waals surface area contributed by atoms with Gasteiger partial charge in [-0.15, -0.1) is 0 Å². The smallest absolute Gasteiger partial charge is 0.335 e. The molecular formula is C11H7FN2O4. The molecular weight excluding hydrogens is 243 g/mol. The van der Waals surface area contributed by atoms with Crippen LogP contribution < -0.4 is 5.32 Å². The van der Waals surface area contributed by atoms with E-state index in [1.165, 1.54) is 12.3 Å². The first-order chi connectivity index (χ1) is 8.58. The molecule has 0 aliphatic carbocycles. The second-order valence-electron chi connectivity index (χ2n) is 3.33. The van der Waals surface area contributed by atoms with Gasteiger partial charge in [-0.1, -0.05) is 5.16 Å². The van der Waals surface area contributed by atoms with Gasteiger partial charge in [-0.05, 0) is 18.2 Å². The van der Waals surface area contributed by atoms with Gasteiger partial charge < -0.3 is 14.9 Å². The van der Waals surface area contributed by atoms with E-state index >= 15 is 0 Å². The van der Waals surface area contributed by atoms with Gasteiger partial charge in [-0.25, -0.2) is 9.18 Å². The molecule has 0 fully saturated rings. The summed E-state index contributed by atoms with van der Waals surface area (Å²) in [5, 5.41) is 14.3. The minimum atomic E-state index is -1.22. The third-order valence-corrected chi connectivity index (χ3v) is 2.12. The van der Waals surface area contributed by atoms with Gasteiger partial charge in [0.05, 0.1) is 17.4 Å². The van der Waals surface area contributed by atoms with Gasteiger partial charge in [-0.3, -0.25) is 4.79 Å². The number of amides is 1. The number of hydrogen-bond acceptors (Lipinski definition) is 4. The maximum Gasteiger partial charge on any atom is 0.335 e. The Morgan fingerprint density at radius 2 is 2.11 bits per heavy atom. The highest BCUT2D eigenvalue weighted by molar-refractivity contribution is 6.02. The van der Waals surface area contributed by atoms with Crippen LogP contribution in [0.4, 0.5) is 10.1 Å². The average Bonchev–Trinajstić information content (AvgIpc) is 2.85. The van der Waals surface area contributed by atoms with Crippen LogP contribution >= 0.6 is 0 Å². The minimum Gasteiger partial charge on any atom is -0.478 e. The highest BCUT2D eigenvalue weighted by Gasteiger charge is 2.14. The van der Waals surface area contributed by atoms with E-state index in [0.717, 1.165) is 18.2 Å². The molecule has 2 N–H and O–H groups in total. The second-order valence-corrected chi connectivity index (χ2v) is 3.33. The second kappa shape index (κ2) is 4.66. The number of benzene rings is 1. The van der Waals surface area contributed by atoms with Crippen LogP contribution in [0.15, 0.2) is 35.0 Å². The van der Waals surface area contributed by atoms with Gasteiger partial charge >= 0.3 is 5.97 Å². The standard InChI is InChI=1S/C11H7FN2O4/c12-7-2-1-6(11(16)17)5-8(7)14-10(15)9-3-4-13-18-9/h1-5H,(H,14,15)(H,16,17). The van der Waals surface area contributed by atoms with Gasteiger partial charge in [0.2, 0.25) is 5.76 Å². The van der Waals surface area contributed by atoms with Crippen molar-refractivity contribution in [3.05, 3.63) is 47.6 Å².